The second kappa shape index (κ2) is 5.01. The van der Waals surface area contributed by atoms with E-state index in [-0.39, 0.29) is 17.5 Å². The average molecular weight is 238 g/mol. The average Bonchev–Trinajstić information content (AvgIpc) is 2.25. The molecule has 6 nitrogen and oxygen atoms in total. The number of nitrogens with zero attached hydrogens (tertiary/aromatic N) is 1. The number of aromatic nitrogens is 1. The first kappa shape index (κ1) is 11.7. The molecule has 2 N–H and O–H groups in total. The maximum Gasteiger partial charge on any atom is 0.343 e. The Morgan fingerprint density at radius 1 is 1.65 bits per heavy atom. The fraction of sp³-hybridized carbons (Fsp3) is 0.455. The van der Waals surface area contributed by atoms with E-state index in [0.29, 0.717) is 25.5 Å². The summed E-state index contributed by atoms with van der Waals surface area (Å²) in [5, 5.41) is 0. The summed E-state index contributed by atoms with van der Waals surface area (Å²) in [6.07, 6.45) is 1.39. The Balaban J connectivity index is 2.19. The smallest absolute Gasteiger partial charge is 0.343 e. The van der Waals surface area contributed by atoms with Gasteiger partial charge in [0.05, 0.1) is 31.7 Å². The van der Waals surface area contributed by atoms with Gasteiger partial charge >= 0.3 is 5.97 Å². The molecule has 0 aromatic carbocycles. The third-order valence-corrected chi connectivity index (χ3v) is 2.25. The van der Waals surface area contributed by atoms with Gasteiger partial charge in [-0.1, -0.05) is 0 Å². The zero-order valence-corrected chi connectivity index (χ0v) is 9.51. The van der Waals surface area contributed by atoms with Gasteiger partial charge in [-0.25, -0.2) is 9.78 Å². The first-order chi connectivity index (χ1) is 8.20. The number of pyridine rings is 1. The molecule has 0 spiro atoms. The van der Waals surface area contributed by atoms with E-state index in [0.717, 1.165) is 0 Å². The van der Waals surface area contributed by atoms with Gasteiger partial charge in [0, 0.05) is 0 Å². The minimum absolute atomic E-state index is 0.0562. The molecule has 1 saturated heterocycles. The molecular weight excluding hydrogens is 224 g/mol. The summed E-state index contributed by atoms with van der Waals surface area (Å²) in [6.45, 7) is 3.04. The molecule has 1 aliphatic rings. The predicted molar refractivity (Wildman–Crippen MR) is 59.8 cm³/mol. The van der Waals surface area contributed by atoms with Crippen molar-refractivity contribution < 1.29 is 19.0 Å². The van der Waals surface area contributed by atoms with E-state index in [1.165, 1.54) is 12.3 Å². The van der Waals surface area contributed by atoms with Crippen molar-refractivity contribution in [3.63, 3.8) is 0 Å². The lowest BCUT2D eigenvalue weighted by Gasteiger charge is -2.26. The Labute approximate surface area is 98.7 Å². The van der Waals surface area contributed by atoms with Crippen LogP contribution in [-0.4, -0.2) is 36.9 Å². The third kappa shape index (κ3) is 2.65. The highest BCUT2D eigenvalue weighted by Gasteiger charge is 2.24. The zero-order valence-electron chi connectivity index (χ0n) is 9.51. The first-order valence-corrected chi connectivity index (χ1v) is 5.37. The van der Waals surface area contributed by atoms with Crippen LogP contribution < -0.4 is 10.5 Å². The number of carbonyl (C=O) groups is 1. The van der Waals surface area contributed by atoms with Gasteiger partial charge in [0.15, 0.2) is 0 Å². The Kier molecular flexibility index (Phi) is 3.43. The minimum Gasteiger partial charge on any atom is -0.469 e. The SMILES string of the molecule is CCOC(=O)c1cc(N)cnc1OC1COC1. The second-order valence-electron chi connectivity index (χ2n) is 3.62. The zero-order chi connectivity index (χ0) is 12.3. The Bertz CT molecular complexity index is 418. The van der Waals surface area contributed by atoms with Crippen LogP contribution in [0, 0.1) is 0 Å². The van der Waals surface area contributed by atoms with E-state index >= 15 is 0 Å². The molecule has 1 aromatic heterocycles. The van der Waals surface area contributed by atoms with E-state index in [9.17, 15) is 4.79 Å². The summed E-state index contributed by atoms with van der Waals surface area (Å²) in [7, 11) is 0. The fourth-order valence-corrected chi connectivity index (χ4v) is 1.36. The van der Waals surface area contributed by atoms with Crippen LogP contribution in [0.3, 0.4) is 0 Å². The van der Waals surface area contributed by atoms with E-state index in [4.69, 9.17) is 19.9 Å². The second-order valence-corrected chi connectivity index (χ2v) is 3.62. The van der Waals surface area contributed by atoms with Crippen molar-refractivity contribution in [2.24, 2.45) is 0 Å². The van der Waals surface area contributed by atoms with Crippen LogP contribution in [-0.2, 0) is 9.47 Å². The number of hydrogen-bond donors (Lipinski definition) is 1. The lowest BCUT2D eigenvalue weighted by Crippen LogP contribution is -2.39. The van der Waals surface area contributed by atoms with Crippen LogP contribution >= 0.6 is 0 Å². The number of esters is 1. The van der Waals surface area contributed by atoms with Crippen LogP contribution in [0.15, 0.2) is 12.3 Å². The van der Waals surface area contributed by atoms with E-state index in [1.54, 1.807) is 6.92 Å². The molecule has 0 unspecified atom stereocenters. The molecule has 0 radical (unpaired) electrons. The van der Waals surface area contributed by atoms with Crippen LogP contribution in [0.25, 0.3) is 0 Å². The molecule has 0 saturated carbocycles. The lowest BCUT2D eigenvalue weighted by molar-refractivity contribution is -0.0816. The number of anilines is 1. The fourth-order valence-electron chi connectivity index (χ4n) is 1.36. The molecule has 0 atom stereocenters. The molecule has 92 valence electrons. The van der Waals surface area contributed by atoms with E-state index in [1.807, 2.05) is 0 Å². The van der Waals surface area contributed by atoms with Crippen LogP contribution in [0.5, 0.6) is 5.88 Å². The first-order valence-electron chi connectivity index (χ1n) is 5.37. The molecule has 2 heterocycles. The number of rotatable bonds is 4. The Hall–Kier alpha value is -1.82. The Morgan fingerprint density at radius 3 is 3.00 bits per heavy atom. The summed E-state index contributed by atoms with van der Waals surface area (Å²) in [4.78, 5) is 15.7. The summed E-state index contributed by atoms with van der Waals surface area (Å²) < 4.78 is 15.4. The van der Waals surface area contributed by atoms with E-state index < -0.39 is 5.97 Å². The summed E-state index contributed by atoms with van der Waals surface area (Å²) in [6, 6.07) is 1.50. The van der Waals surface area contributed by atoms with E-state index in [2.05, 4.69) is 4.98 Å². The highest BCUT2D eigenvalue weighted by Crippen LogP contribution is 2.21. The topological polar surface area (TPSA) is 83.7 Å². The summed E-state index contributed by atoms with van der Waals surface area (Å²) in [5.74, 6) is -0.242. The molecule has 1 aromatic rings. The normalized spacial score (nSPS) is 15.1. The molecule has 2 rings (SSSR count). The van der Waals surface area contributed by atoms with Crippen molar-refractivity contribution in [1.82, 2.24) is 4.98 Å². The van der Waals surface area contributed by atoms with Gasteiger partial charge in [-0.05, 0) is 13.0 Å². The lowest BCUT2D eigenvalue weighted by atomic mass is 10.2. The highest BCUT2D eigenvalue weighted by atomic mass is 16.6. The van der Waals surface area contributed by atoms with Gasteiger partial charge in [-0.2, -0.15) is 0 Å². The largest absolute Gasteiger partial charge is 0.469 e. The number of nitrogen functional groups attached to an aromatic ring is 1. The van der Waals surface area contributed by atoms with Crippen molar-refractivity contribution in [2.45, 2.75) is 13.0 Å². The summed E-state index contributed by atoms with van der Waals surface area (Å²) >= 11 is 0. The molecule has 1 aliphatic heterocycles. The molecule has 6 heteroatoms. The molecule has 0 aliphatic carbocycles. The van der Waals surface area contributed by atoms with Crippen LogP contribution in [0.2, 0.25) is 0 Å². The maximum atomic E-state index is 11.7. The molecule has 0 amide bonds. The predicted octanol–water partition coefficient (Wildman–Crippen LogP) is 0.618. The summed E-state index contributed by atoms with van der Waals surface area (Å²) in [5.41, 5.74) is 6.23. The van der Waals surface area contributed by atoms with Gasteiger partial charge in [-0.15, -0.1) is 0 Å². The van der Waals surface area contributed by atoms with Gasteiger partial charge < -0.3 is 19.9 Å². The van der Waals surface area contributed by atoms with Crippen LogP contribution in [0.4, 0.5) is 5.69 Å². The number of carbonyl (C=O) groups excluding carboxylic acids is 1. The van der Waals surface area contributed by atoms with Gasteiger partial charge in [-0.3, -0.25) is 0 Å². The monoisotopic (exact) mass is 238 g/mol. The molecule has 17 heavy (non-hydrogen) atoms. The maximum absolute atomic E-state index is 11.7. The van der Waals surface area contributed by atoms with Crippen molar-refractivity contribution >= 4 is 11.7 Å². The molecule has 1 fully saturated rings. The number of nitrogens with two attached hydrogens (primary N) is 1. The minimum atomic E-state index is -0.484. The van der Waals surface area contributed by atoms with Gasteiger partial charge in [0.2, 0.25) is 5.88 Å². The van der Waals surface area contributed by atoms with Gasteiger partial charge in [0.25, 0.3) is 0 Å². The van der Waals surface area contributed by atoms with Crippen molar-refractivity contribution in [3.8, 4) is 5.88 Å². The molecule has 0 bridgehead atoms. The van der Waals surface area contributed by atoms with Crippen molar-refractivity contribution in [1.29, 1.82) is 0 Å². The standard InChI is InChI=1S/C11H14N2O4/c1-2-16-11(14)9-3-7(12)4-13-10(9)17-8-5-15-6-8/h3-4,8H,2,5-6,12H2,1H3. The quantitative estimate of drug-likeness (QED) is 0.774. The molecular formula is C11H14N2O4. The number of hydrogen-bond acceptors (Lipinski definition) is 6. The Morgan fingerprint density at radius 2 is 2.41 bits per heavy atom. The van der Waals surface area contributed by atoms with Gasteiger partial charge in [0.1, 0.15) is 11.7 Å². The third-order valence-electron chi connectivity index (χ3n) is 2.25. The van der Waals surface area contributed by atoms with Crippen molar-refractivity contribution in [3.05, 3.63) is 17.8 Å². The van der Waals surface area contributed by atoms with Crippen LogP contribution in [0.1, 0.15) is 17.3 Å². The van der Waals surface area contributed by atoms with Crippen molar-refractivity contribution in [2.75, 3.05) is 25.6 Å². The number of ether oxygens (including phenoxy) is 3. The highest BCUT2D eigenvalue weighted by molar-refractivity contribution is 5.92.